The molecule has 0 amide bonds. The summed E-state index contributed by atoms with van der Waals surface area (Å²) in [5, 5.41) is 16.0. The fourth-order valence-corrected chi connectivity index (χ4v) is 1.92. The van der Waals surface area contributed by atoms with Gasteiger partial charge in [-0.2, -0.15) is 16.6 Å². The molecule has 4 heteroatoms. The van der Waals surface area contributed by atoms with Crippen LogP contribution in [0, 0.1) is 11.3 Å². The molecular formula is C11H10N2OS. The lowest BCUT2D eigenvalue weighted by atomic mass is 10.3. The first-order valence-corrected chi connectivity index (χ1v) is 5.53. The van der Waals surface area contributed by atoms with E-state index < -0.39 is 0 Å². The molecule has 76 valence electrons. The molecule has 0 fully saturated rings. The number of rotatable bonds is 4. The summed E-state index contributed by atoms with van der Waals surface area (Å²) in [5.74, 6) is 1.16. The van der Waals surface area contributed by atoms with Crippen molar-refractivity contribution in [2.75, 3.05) is 0 Å². The van der Waals surface area contributed by atoms with Crippen LogP contribution >= 0.6 is 11.3 Å². The highest BCUT2D eigenvalue weighted by atomic mass is 32.1. The third-order valence-corrected chi connectivity index (χ3v) is 2.71. The second-order valence-electron chi connectivity index (χ2n) is 3.11. The standard InChI is InChI=1S/C11H10N2OS/c12-5-10-1-2-11(14-10)7-13-6-9-3-4-15-8-9/h1-4,8,13H,6-7H2. The van der Waals surface area contributed by atoms with Crippen LogP contribution in [-0.2, 0) is 13.1 Å². The third-order valence-electron chi connectivity index (χ3n) is 1.98. The largest absolute Gasteiger partial charge is 0.449 e. The quantitative estimate of drug-likeness (QED) is 0.857. The van der Waals surface area contributed by atoms with Gasteiger partial charge in [0, 0.05) is 6.54 Å². The summed E-state index contributed by atoms with van der Waals surface area (Å²) in [7, 11) is 0. The first kappa shape index (κ1) is 9.97. The Kier molecular flexibility index (Phi) is 3.18. The summed E-state index contributed by atoms with van der Waals surface area (Å²) >= 11 is 1.69. The molecule has 0 unspecified atom stereocenters. The number of furan rings is 1. The number of nitriles is 1. The first-order valence-electron chi connectivity index (χ1n) is 4.59. The summed E-state index contributed by atoms with van der Waals surface area (Å²) < 4.78 is 5.23. The molecule has 15 heavy (non-hydrogen) atoms. The van der Waals surface area contributed by atoms with Crippen molar-refractivity contribution in [2.45, 2.75) is 13.1 Å². The maximum absolute atomic E-state index is 8.56. The highest BCUT2D eigenvalue weighted by Gasteiger charge is 2.00. The molecule has 2 aromatic rings. The van der Waals surface area contributed by atoms with Gasteiger partial charge in [-0.15, -0.1) is 0 Å². The summed E-state index contributed by atoms with van der Waals surface area (Å²) in [5.41, 5.74) is 1.27. The van der Waals surface area contributed by atoms with Gasteiger partial charge in [-0.1, -0.05) is 0 Å². The lowest BCUT2D eigenvalue weighted by Crippen LogP contribution is -2.11. The number of hydrogen-bond donors (Lipinski definition) is 1. The van der Waals surface area contributed by atoms with E-state index in [1.54, 1.807) is 17.4 Å². The van der Waals surface area contributed by atoms with E-state index in [2.05, 4.69) is 22.1 Å². The minimum Gasteiger partial charge on any atom is -0.449 e. The topological polar surface area (TPSA) is 49.0 Å². The predicted octanol–water partition coefficient (Wildman–Crippen LogP) is 2.50. The Morgan fingerprint density at radius 2 is 2.27 bits per heavy atom. The Bertz CT molecular complexity index is 453. The van der Waals surface area contributed by atoms with Gasteiger partial charge in [-0.05, 0) is 34.5 Å². The van der Waals surface area contributed by atoms with Crippen molar-refractivity contribution >= 4 is 11.3 Å². The molecule has 0 aliphatic heterocycles. The van der Waals surface area contributed by atoms with Crippen LogP contribution in [0.3, 0.4) is 0 Å². The maximum Gasteiger partial charge on any atom is 0.203 e. The van der Waals surface area contributed by atoms with Crippen LogP contribution in [0.25, 0.3) is 0 Å². The van der Waals surface area contributed by atoms with Gasteiger partial charge in [0.2, 0.25) is 5.76 Å². The Balaban J connectivity index is 1.81. The van der Waals surface area contributed by atoms with Crippen LogP contribution in [0.15, 0.2) is 33.4 Å². The molecule has 0 aliphatic carbocycles. The van der Waals surface area contributed by atoms with Crippen molar-refractivity contribution in [2.24, 2.45) is 0 Å². The predicted molar refractivity (Wildman–Crippen MR) is 58.3 cm³/mol. The molecule has 0 saturated carbocycles. The van der Waals surface area contributed by atoms with Crippen LogP contribution in [0.2, 0.25) is 0 Å². The zero-order chi connectivity index (χ0) is 10.5. The van der Waals surface area contributed by atoms with Gasteiger partial charge in [0.25, 0.3) is 0 Å². The second kappa shape index (κ2) is 4.78. The lowest BCUT2D eigenvalue weighted by molar-refractivity contribution is 0.474. The minimum absolute atomic E-state index is 0.363. The molecule has 0 aromatic carbocycles. The lowest BCUT2D eigenvalue weighted by Gasteiger charge is -1.99. The summed E-state index contributed by atoms with van der Waals surface area (Å²) in [6.07, 6.45) is 0. The Morgan fingerprint density at radius 1 is 1.33 bits per heavy atom. The highest BCUT2D eigenvalue weighted by Crippen LogP contribution is 2.08. The minimum atomic E-state index is 0.363. The number of thiophene rings is 1. The van der Waals surface area contributed by atoms with Gasteiger partial charge >= 0.3 is 0 Å². The fraction of sp³-hybridized carbons (Fsp3) is 0.182. The molecule has 0 saturated heterocycles. The van der Waals surface area contributed by atoms with Crippen molar-refractivity contribution in [3.8, 4) is 6.07 Å². The Hall–Kier alpha value is -1.57. The molecule has 0 radical (unpaired) electrons. The molecule has 2 aromatic heterocycles. The van der Waals surface area contributed by atoms with E-state index in [1.807, 2.05) is 12.1 Å². The Morgan fingerprint density at radius 3 is 2.93 bits per heavy atom. The molecule has 0 bridgehead atoms. The van der Waals surface area contributed by atoms with Crippen LogP contribution in [0.4, 0.5) is 0 Å². The van der Waals surface area contributed by atoms with E-state index >= 15 is 0 Å². The highest BCUT2D eigenvalue weighted by molar-refractivity contribution is 7.07. The van der Waals surface area contributed by atoms with Crippen molar-refractivity contribution in [1.82, 2.24) is 5.32 Å². The number of nitrogens with zero attached hydrogens (tertiary/aromatic N) is 1. The summed E-state index contributed by atoms with van der Waals surface area (Å²) in [4.78, 5) is 0. The zero-order valence-corrected chi connectivity index (χ0v) is 8.88. The van der Waals surface area contributed by atoms with Crippen LogP contribution in [0.1, 0.15) is 17.1 Å². The van der Waals surface area contributed by atoms with E-state index in [1.165, 1.54) is 5.56 Å². The zero-order valence-electron chi connectivity index (χ0n) is 8.06. The SMILES string of the molecule is N#Cc1ccc(CNCc2ccsc2)o1. The van der Waals surface area contributed by atoms with Gasteiger partial charge in [0.15, 0.2) is 0 Å². The van der Waals surface area contributed by atoms with Gasteiger partial charge in [0.05, 0.1) is 6.54 Å². The van der Waals surface area contributed by atoms with E-state index in [9.17, 15) is 0 Å². The second-order valence-corrected chi connectivity index (χ2v) is 3.89. The normalized spacial score (nSPS) is 10.1. The summed E-state index contributed by atoms with van der Waals surface area (Å²) in [6.45, 7) is 1.48. The van der Waals surface area contributed by atoms with E-state index in [4.69, 9.17) is 9.68 Å². The molecule has 3 nitrogen and oxygen atoms in total. The summed E-state index contributed by atoms with van der Waals surface area (Å²) in [6, 6.07) is 7.54. The van der Waals surface area contributed by atoms with Gasteiger partial charge in [0.1, 0.15) is 11.8 Å². The average molecular weight is 218 g/mol. The first-order chi connectivity index (χ1) is 7.38. The molecule has 1 N–H and O–H groups in total. The van der Waals surface area contributed by atoms with Gasteiger partial charge < -0.3 is 9.73 Å². The Labute approximate surface area is 92.0 Å². The van der Waals surface area contributed by atoms with Crippen LogP contribution < -0.4 is 5.32 Å². The van der Waals surface area contributed by atoms with E-state index in [0.29, 0.717) is 12.3 Å². The molecule has 2 heterocycles. The van der Waals surface area contributed by atoms with E-state index in [-0.39, 0.29) is 0 Å². The van der Waals surface area contributed by atoms with E-state index in [0.717, 1.165) is 12.3 Å². The molecule has 0 atom stereocenters. The van der Waals surface area contributed by atoms with Crippen molar-refractivity contribution in [3.63, 3.8) is 0 Å². The van der Waals surface area contributed by atoms with Gasteiger partial charge in [-0.3, -0.25) is 0 Å². The van der Waals surface area contributed by atoms with Crippen molar-refractivity contribution < 1.29 is 4.42 Å². The smallest absolute Gasteiger partial charge is 0.203 e. The third kappa shape index (κ3) is 2.69. The van der Waals surface area contributed by atoms with Crippen molar-refractivity contribution in [1.29, 1.82) is 5.26 Å². The molecular weight excluding hydrogens is 208 g/mol. The average Bonchev–Trinajstić information content (AvgIpc) is 2.88. The van der Waals surface area contributed by atoms with Crippen LogP contribution in [-0.4, -0.2) is 0 Å². The molecule has 2 rings (SSSR count). The molecule has 0 spiro atoms. The number of hydrogen-bond acceptors (Lipinski definition) is 4. The number of nitrogens with one attached hydrogen (secondary N) is 1. The van der Waals surface area contributed by atoms with Gasteiger partial charge in [-0.25, -0.2) is 0 Å². The molecule has 0 aliphatic rings. The maximum atomic E-state index is 8.56. The van der Waals surface area contributed by atoms with Crippen LogP contribution in [0.5, 0.6) is 0 Å². The monoisotopic (exact) mass is 218 g/mol. The van der Waals surface area contributed by atoms with Crippen molar-refractivity contribution in [3.05, 3.63) is 46.0 Å². The fourth-order valence-electron chi connectivity index (χ4n) is 1.26.